The number of aromatic nitrogens is 3. The van der Waals surface area contributed by atoms with Crippen LogP contribution in [0.2, 0.25) is 0 Å². The summed E-state index contributed by atoms with van der Waals surface area (Å²) >= 11 is 0. The van der Waals surface area contributed by atoms with Crippen molar-refractivity contribution in [2.45, 2.75) is 25.4 Å². The summed E-state index contributed by atoms with van der Waals surface area (Å²) in [5.74, 6) is -0.0685. The van der Waals surface area contributed by atoms with Gasteiger partial charge in [-0.2, -0.15) is 13.2 Å². The number of anilines is 1. The smallest absolute Gasteiger partial charge is 0.377 e. The van der Waals surface area contributed by atoms with E-state index in [4.69, 9.17) is 0 Å². The standard InChI is InChI=1S/C28H24F3N5O/c1-2-10-36-11-9-20(16-36)24-13-21(12-22-14-32-17-34-26(22)24)18-3-5-19(6-4-18)27(37)35-25-8-7-23(15-33-25)28(29,30)31/h2-8,10,12-15,17,20H,9,11,16H2,1H3,(H,33,35,37). The molecule has 1 unspecified atom stereocenters. The molecule has 4 aromatic rings. The largest absolute Gasteiger partial charge is 0.417 e. The molecule has 0 saturated carbocycles. The number of fused-ring (bicyclic) bond motifs is 1. The molecule has 1 atom stereocenters. The maximum Gasteiger partial charge on any atom is 0.417 e. The number of pyridine rings is 1. The fraction of sp³-hybridized carbons (Fsp3) is 0.214. The van der Waals surface area contributed by atoms with Crippen molar-refractivity contribution in [3.8, 4) is 11.1 Å². The van der Waals surface area contributed by atoms with Crippen LogP contribution in [0.4, 0.5) is 19.0 Å². The number of carbonyl (C=O) groups excluding carboxylic acids is 1. The Kier molecular flexibility index (Phi) is 6.60. The van der Waals surface area contributed by atoms with Crippen LogP contribution in [0.3, 0.4) is 0 Å². The van der Waals surface area contributed by atoms with Crippen molar-refractivity contribution in [2.75, 3.05) is 18.4 Å². The van der Waals surface area contributed by atoms with E-state index in [1.54, 1.807) is 18.5 Å². The van der Waals surface area contributed by atoms with Crippen LogP contribution in [0, 0.1) is 0 Å². The highest BCUT2D eigenvalue weighted by Crippen LogP contribution is 2.35. The van der Waals surface area contributed by atoms with Gasteiger partial charge in [0.2, 0.25) is 0 Å². The second-order valence-corrected chi connectivity index (χ2v) is 8.95. The third kappa shape index (κ3) is 5.30. The number of rotatable bonds is 5. The Morgan fingerprint density at radius 2 is 1.86 bits per heavy atom. The van der Waals surface area contributed by atoms with Gasteiger partial charge in [-0.1, -0.05) is 18.2 Å². The van der Waals surface area contributed by atoms with Crippen LogP contribution < -0.4 is 5.32 Å². The van der Waals surface area contributed by atoms with Crippen LogP contribution in [-0.2, 0) is 6.18 Å². The van der Waals surface area contributed by atoms with Gasteiger partial charge < -0.3 is 10.2 Å². The van der Waals surface area contributed by atoms with Crippen molar-refractivity contribution in [3.63, 3.8) is 0 Å². The first-order valence-electron chi connectivity index (χ1n) is 11.9. The van der Waals surface area contributed by atoms with E-state index in [-0.39, 0.29) is 5.82 Å². The van der Waals surface area contributed by atoms with Crippen molar-refractivity contribution >= 4 is 22.6 Å². The first-order valence-corrected chi connectivity index (χ1v) is 11.9. The summed E-state index contributed by atoms with van der Waals surface area (Å²) in [6.45, 7) is 3.92. The molecule has 9 heteroatoms. The number of hydrogen-bond acceptors (Lipinski definition) is 5. The quantitative estimate of drug-likeness (QED) is 0.347. The van der Waals surface area contributed by atoms with Gasteiger partial charge in [-0.05, 0) is 72.6 Å². The monoisotopic (exact) mass is 503 g/mol. The zero-order chi connectivity index (χ0) is 26.0. The van der Waals surface area contributed by atoms with Crippen LogP contribution in [0.5, 0.6) is 0 Å². The Morgan fingerprint density at radius 1 is 1.05 bits per heavy atom. The fourth-order valence-corrected chi connectivity index (χ4v) is 4.64. The third-order valence-corrected chi connectivity index (χ3v) is 6.47. The molecular formula is C28H24F3N5O. The zero-order valence-electron chi connectivity index (χ0n) is 20.0. The van der Waals surface area contributed by atoms with Crippen molar-refractivity contribution < 1.29 is 18.0 Å². The van der Waals surface area contributed by atoms with Crippen molar-refractivity contribution in [2.24, 2.45) is 0 Å². The van der Waals surface area contributed by atoms with Gasteiger partial charge in [0.25, 0.3) is 5.91 Å². The SMILES string of the molecule is CC=CN1CCC(c2cc(-c3ccc(C(=O)Nc4ccc(C(F)(F)F)cn4)cc3)cc3cncnc23)C1. The molecule has 6 nitrogen and oxygen atoms in total. The molecule has 188 valence electrons. The highest BCUT2D eigenvalue weighted by Gasteiger charge is 2.30. The van der Waals surface area contributed by atoms with Gasteiger partial charge in [0.1, 0.15) is 12.1 Å². The van der Waals surface area contributed by atoms with Gasteiger partial charge in [-0.3, -0.25) is 4.79 Å². The van der Waals surface area contributed by atoms with Crippen molar-refractivity contribution in [1.29, 1.82) is 0 Å². The van der Waals surface area contributed by atoms with E-state index in [9.17, 15) is 18.0 Å². The average molecular weight is 504 g/mol. The maximum absolute atomic E-state index is 12.7. The molecule has 1 N–H and O–H groups in total. The lowest BCUT2D eigenvalue weighted by atomic mass is 9.91. The number of nitrogens with one attached hydrogen (secondary N) is 1. The molecule has 1 aliphatic heterocycles. The molecule has 0 aliphatic carbocycles. The maximum atomic E-state index is 12.7. The van der Waals surface area contributed by atoms with E-state index >= 15 is 0 Å². The predicted molar refractivity (Wildman–Crippen MR) is 136 cm³/mol. The number of hydrogen-bond donors (Lipinski definition) is 1. The molecule has 0 bridgehead atoms. The minimum atomic E-state index is -4.48. The Hall–Kier alpha value is -4.27. The average Bonchev–Trinajstić information content (AvgIpc) is 3.36. The van der Waals surface area contributed by atoms with Crippen LogP contribution in [-0.4, -0.2) is 38.8 Å². The van der Waals surface area contributed by atoms with Gasteiger partial charge >= 0.3 is 6.18 Å². The summed E-state index contributed by atoms with van der Waals surface area (Å²) in [6.07, 6.45) is 4.79. The minimum Gasteiger partial charge on any atom is -0.377 e. The van der Waals surface area contributed by atoms with Gasteiger partial charge in [0.15, 0.2) is 0 Å². The number of halogens is 3. The first kappa shape index (κ1) is 24.4. The number of carbonyl (C=O) groups is 1. The number of amides is 1. The zero-order valence-corrected chi connectivity index (χ0v) is 20.0. The Balaban J connectivity index is 1.38. The summed E-state index contributed by atoms with van der Waals surface area (Å²) in [5, 5.41) is 3.49. The van der Waals surface area contributed by atoms with Crippen LogP contribution >= 0.6 is 0 Å². The number of allylic oxidation sites excluding steroid dienone is 1. The summed E-state index contributed by atoms with van der Waals surface area (Å²) in [4.78, 5) is 27.4. The lowest BCUT2D eigenvalue weighted by molar-refractivity contribution is -0.137. The highest BCUT2D eigenvalue weighted by molar-refractivity contribution is 6.04. The second kappa shape index (κ2) is 10.0. The van der Waals surface area contributed by atoms with Crippen molar-refractivity contribution in [1.82, 2.24) is 19.9 Å². The normalized spacial score (nSPS) is 16.0. The number of likely N-dealkylation sites (tertiary alicyclic amines) is 1. The van der Waals surface area contributed by atoms with E-state index in [0.29, 0.717) is 17.7 Å². The van der Waals surface area contributed by atoms with Gasteiger partial charge in [0.05, 0.1) is 11.1 Å². The highest BCUT2D eigenvalue weighted by atomic mass is 19.4. The third-order valence-electron chi connectivity index (χ3n) is 6.47. The minimum absolute atomic E-state index is 0.0461. The topological polar surface area (TPSA) is 71.0 Å². The lowest BCUT2D eigenvalue weighted by Crippen LogP contribution is -2.13. The van der Waals surface area contributed by atoms with E-state index in [1.807, 2.05) is 37.4 Å². The molecule has 1 amide bonds. The van der Waals surface area contributed by atoms with E-state index < -0.39 is 17.6 Å². The van der Waals surface area contributed by atoms with E-state index in [2.05, 4.69) is 37.4 Å². The Labute approximate surface area is 211 Å². The van der Waals surface area contributed by atoms with E-state index in [1.165, 1.54) is 5.56 Å². The number of alkyl halides is 3. The van der Waals surface area contributed by atoms with Crippen LogP contribution in [0.15, 0.2) is 79.5 Å². The molecule has 2 aromatic heterocycles. The van der Waals surface area contributed by atoms with Crippen molar-refractivity contribution in [3.05, 3.63) is 96.2 Å². The molecular weight excluding hydrogens is 479 g/mol. The summed E-state index contributed by atoms with van der Waals surface area (Å²) in [7, 11) is 0. The predicted octanol–water partition coefficient (Wildman–Crippen LogP) is 6.29. The first-order chi connectivity index (χ1) is 17.8. The second-order valence-electron chi connectivity index (χ2n) is 8.95. The molecule has 0 spiro atoms. The molecule has 1 aliphatic rings. The Morgan fingerprint density at radius 3 is 2.57 bits per heavy atom. The number of benzene rings is 2. The molecule has 3 heterocycles. The van der Waals surface area contributed by atoms with Gasteiger partial charge in [-0.15, -0.1) is 0 Å². The Bertz CT molecular complexity index is 1450. The van der Waals surface area contributed by atoms with Crippen LogP contribution in [0.1, 0.15) is 40.7 Å². The molecule has 5 rings (SSSR count). The summed E-state index contributed by atoms with van der Waals surface area (Å²) < 4.78 is 38.2. The molecule has 1 fully saturated rings. The van der Waals surface area contributed by atoms with E-state index in [0.717, 1.165) is 53.7 Å². The number of nitrogens with zero attached hydrogens (tertiary/aromatic N) is 4. The lowest BCUT2D eigenvalue weighted by Gasteiger charge is -2.16. The summed E-state index contributed by atoms with van der Waals surface area (Å²) in [6, 6.07) is 13.3. The molecule has 37 heavy (non-hydrogen) atoms. The van der Waals surface area contributed by atoms with Crippen LogP contribution in [0.25, 0.3) is 22.0 Å². The van der Waals surface area contributed by atoms with Gasteiger partial charge in [-0.25, -0.2) is 15.0 Å². The van der Waals surface area contributed by atoms with Gasteiger partial charge in [0, 0.05) is 42.4 Å². The fourth-order valence-electron chi connectivity index (χ4n) is 4.64. The molecule has 2 aromatic carbocycles. The molecule has 0 radical (unpaired) electrons. The summed E-state index contributed by atoms with van der Waals surface area (Å²) in [5.41, 5.74) is 3.55. The molecule has 1 saturated heterocycles.